The van der Waals surface area contributed by atoms with Gasteiger partial charge in [0.15, 0.2) is 11.5 Å². The molecule has 1 aliphatic rings. The number of methoxy groups -OCH3 is 2. The van der Waals surface area contributed by atoms with E-state index < -0.39 is 43.3 Å². The molecule has 0 aromatic heterocycles. The molecule has 2 rings (SSSR count). The van der Waals surface area contributed by atoms with Gasteiger partial charge >= 0.3 is 5.97 Å². The lowest BCUT2D eigenvalue weighted by molar-refractivity contribution is -0.277. The first-order valence-corrected chi connectivity index (χ1v) is 7.82. The van der Waals surface area contributed by atoms with E-state index in [0.717, 1.165) is 0 Å². The van der Waals surface area contributed by atoms with Gasteiger partial charge in [0.05, 0.1) is 20.8 Å². The van der Waals surface area contributed by atoms with E-state index in [1.807, 2.05) is 0 Å². The average Bonchev–Trinajstić information content (AvgIpc) is 2.66. The van der Waals surface area contributed by atoms with E-state index in [1.165, 1.54) is 32.4 Å². The van der Waals surface area contributed by atoms with Crippen LogP contribution in [0.2, 0.25) is 0 Å². The minimum atomic E-state index is -1.54. The molecule has 1 aromatic carbocycles. The number of hydrogen-bond donors (Lipinski definition) is 4. The van der Waals surface area contributed by atoms with Crippen molar-refractivity contribution < 1.29 is 44.2 Å². The zero-order valence-electron chi connectivity index (χ0n) is 14.3. The van der Waals surface area contributed by atoms with Gasteiger partial charge in [-0.2, -0.15) is 0 Å². The van der Waals surface area contributed by atoms with Crippen LogP contribution >= 0.6 is 0 Å². The number of esters is 1. The maximum Gasteiger partial charge on any atom is 0.330 e. The van der Waals surface area contributed by atoms with Crippen molar-refractivity contribution in [1.29, 1.82) is 0 Å². The molecular weight excluding hydrogens is 348 g/mol. The molecule has 1 aliphatic heterocycles. The number of carbonyl (C=O) groups excluding carboxylic acids is 1. The van der Waals surface area contributed by atoms with Gasteiger partial charge in [0.2, 0.25) is 6.29 Å². The Balaban J connectivity index is 2.18. The topological polar surface area (TPSA) is 135 Å². The molecule has 1 saturated heterocycles. The number of carbonyl (C=O) groups is 1. The fourth-order valence-corrected chi connectivity index (χ4v) is 2.41. The Bertz CT molecular complexity index is 643. The van der Waals surface area contributed by atoms with Gasteiger partial charge in [-0.1, -0.05) is 6.07 Å². The summed E-state index contributed by atoms with van der Waals surface area (Å²) in [6.07, 6.45) is -4.18. The summed E-state index contributed by atoms with van der Waals surface area (Å²) in [4.78, 5) is 11.1. The summed E-state index contributed by atoms with van der Waals surface area (Å²) in [6, 6.07) is 4.73. The highest BCUT2D eigenvalue weighted by molar-refractivity contribution is 5.87. The van der Waals surface area contributed by atoms with E-state index in [2.05, 4.69) is 4.74 Å². The van der Waals surface area contributed by atoms with E-state index in [1.54, 1.807) is 12.1 Å². The molecule has 1 aromatic rings. The van der Waals surface area contributed by atoms with Gasteiger partial charge in [0.25, 0.3) is 0 Å². The molecule has 4 N–H and O–H groups in total. The van der Waals surface area contributed by atoms with Crippen LogP contribution in [0.25, 0.3) is 6.08 Å². The minimum Gasteiger partial charge on any atom is -0.493 e. The molecule has 0 aliphatic carbocycles. The van der Waals surface area contributed by atoms with Gasteiger partial charge in [-0.05, 0) is 23.8 Å². The SMILES string of the molecule is COC(=O)C=Cc1ccc(O[C@@H]2O[C@H](CO)[C@@H](O)[C@H](O)[C@H]2O)c(OC)c1. The second-order valence-electron chi connectivity index (χ2n) is 5.58. The first kappa shape index (κ1) is 20.1. The van der Waals surface area contributed by atoms with Crippen LogP contribution in [0.1, 0.15) is 5.56 Å². The van der Waals surface area contributed by atoms with E-state index in [-0.39, 0.29) is 11.5 Å². The maximum atomic E-state index is 11.1. The maximum absolute atomic E-state index is 11.1. The van der Waals surface area contributed by atoms with Gasteiger partial charge in [-0.15, -0.1) is 0 Å². The summed E-state index contributed by atoms with van der Waals surface area (Å²) in [5, 5.41) is 38.8. The van der Waals surface area contributed by atoms with Crippen LogP contribution in [0.3, 0.4) is 0 Å². The molecule has 144 valence electrons. The Kier molecular flexibility index (Phi) is 6.95. The number of hydrogen-bond acceptors (Lipinski definition) is 9. The quantitative estimate of drug-likeness (QED) is 0.370. The fraction of sp³-hybridized carbons (Fsp3) is 0.471. The highest BCUT2D eigenvalue weighted by Gasteiger charge is 2.44. The third-order valence-electron chi connectivity index (χ3n) is 3.89. The highest BCUT2D eigenvalue weighted by Crippen LogP contribution is 2.32. The summed E-state index contributed by atoms with van der Waals surface area (Å²) in [5.41, 5.74) is 0.633. The van der Waals surface area contributed by atoms with Gasteiger partial charge in [-0.25, -0.2) is 4.79 Å². The van der Waals surface area contributed by atoms with Crippen LogP contribution in [-0.4, -0.2) is 77.9 Å². The van der Waals surface area contributed by atoms with Crippen molar-refractivity contribution in [3.8, 4) is 11.5 Å². The first-order chi connectivity index (χ1) is 12.4. The predicted octanol–water partition coefficient (Wildman–Crippen LogP) is -0.940. The molecule has 0 unspecified atom stereocenters. The van der Waals surface area contributed by atoms with E-state index in [4.69, 9.17) is 14.2 Å². The summed E-state index contributed by atoms with van der Waals surface area (Å²) in [5.74, 6) is -0.0216. The highest BCUT2D eigenvalue weighted by atomic mass is 16.7. The second kappa shape index (κ2) is 8.97. The van der Waals surface area contributed by atoms with E-state index >= 15 is 0 Å². The van der Waals surface area contributed by atoms with Crippen LogP contribution in [0.5, 0.6) is 11.5 Å². The smallest absolute Gasteiger partial charge is 0.330 e. The Morgan fingerprint density at radius 1 is 1.15 bits per heavy atom. The molecule has 0 spiro atoms. The standard InChI is InChI=1S/C17H22O9/c1-23-11-7-9(4-6-13(19)24-2)3-5-10(11)25-17-16(22)15(21)14(20)12(8-18)26-17/h3-7,12,14-18,20-22H,8H2,1-2H3/t12-,14-,15+,16-,17-/m1/s1. The number of aliphatic hydroxyl groups is 4. The van der Waals surface area contributed by atoms with Crippen molar-refractivity contribution >= 4 is 12.0 Å². The Labute approximate surface area is 150 Å². The molecule has 0 saturated carbocycles. The first-order valence-electron chi connectivity index (χ1n) is 7.82. The van der Waals surface area contributed by atoms with Crippen LogP contribution in [0.4, 0.5) is 0 Å². The normalized spacial score (nSPS) is 28.8. The average molecular weight is 370 g/mol. The van der Waals surface area contributed by atoms with Crippen molar-refractivity contribution in [3.05, 3.63) is 29.8 Å². The van der Waals surface area contributed by atoms with Crippen LogP contribution in [-0.2, 0) is 14.3 Å². The molecular formula is C17H22O9. The summed E-state index contributed by atoms with van der Waals surface area (Å²) in [6.45, 7) is -0.556. The monoisotopic (exact) mass is 370 g/mol. The van der Waals surface area contributed by atoms with Crippen LogP contribution in [0.15, 0.2) is 24.3 Å². The van der Waals surface area contributed by atoms with Crippen molar-refractivity contribution in [2.75, 3.05) is 20.8 Å². The van der Waals surface area contributed by atoms with Gasteiger partial charge in [0.1, 0.15) is 24.4 Å². The molecule has 9 heteroatoms. The largest absolute Gasteiger partial charge is 0.493 e. The van der Waals surface area contributed by atoms with Crippen LogP contribution < -0.4 is 9.47 Å². The third-order valence-corrected chi connectivity index (χ3v) is 3.89. The van der Waals surface area contributed by atoms with Crippen molar-refractivity contribution in [2.24, 2.45) is 0 Å². The molecule has 1 fully saturated rings. The lowest BCUT2D eigenvalue weighted by atomic mass is 9.99. The molecule has 0 amide bonds. The minimum absolute atomic E-state index is 0.201. The third kappa shape index (κ3) is 4.51. The Hall–Kier alpha value is -2.17. The number of benzene rings is 1. The fourth-order valence-electron chi connectivity index (χ4n) is 2.41. The molecule has 26 heavy (non-hydrogen) atoms. The Morgan fingerprint density at radius 3 is 2.50 bits per heavy atom. The van der Waals surface area contributed by atoms with Crippen molar-refractivity contribution in [2.45, 2.75) is 30.7 Å². The number of ether oxygens (including phenoxy) is 4. The zero-order chi connectivity index (χ0) is 19.3. The lowest BCUT2D eigenvalue weighted by Gasteiger charge is -2.39. The molecule has 9 nitrogen and oxygen atoms in total. The predicted molar refractivity (Wildman–Crippen MR) is 88.4 cm³/mol. The number of aliphatic hydroxyl groups excluding tert-OH is 4. The van der Waals surface area contributed by atoms with Crippen molar-refractivity contribution in [3.63, 3.8) is 0 Å². The van der Waals surface area contributed by atoms with Gasteiger partial charge < -0.3 is 39.4 Å². The second-order valence-corrected chi connectivity index (χ2v) is 5.58. The van der Waals surface area contributed by atoms with Crippen LogP contribution in [0, 0.1) is 0 Å². The summed E-state index contributed by atoms with van der Waals surface area (Å²) < 4.78 is 20.6. The zero-order valence-corrected chi connectivity index (χ0v) is 14.3. The number of rotatable bonds is 6. The van der Waals surface area contributed by atoms with Gasteiger partial charge in [-0.3, -0.25) is 0 Å². The summed E-state index contributed by atoms with van der Waals surface area (Å²) >= 11 is 0. The van der Waals surface area contributed by atoms with E-state index in [0.29, 0.717) is 5.56 Å². The molecule has 0 bridgehead atoms. The van der Waals surface area contributed by atoms with E-state index in [9.17, 15) is 25.2 Å². The lowest BCUT2D eigenvalue weighted by Crippen LogP contribution is -2.60. The van der Waals surface area contributed by atoms with Crippen molar-refractivity contribution in [1.82, 2.24) is 0 Å². The summed E-state index contributed by atoms with van der Waals surface area (Å²) in [7, 11) is 2.67. The molecule has 5 atom stereocenters. The molecule has 1 heterocycles. The van der Waals surface area contributed by atoms with Gasteiger partial charge in [0, 0.05) is 6.08 Å². The Morgan fingerprint density at radius 2 is 1.88 bits per heavy atom. The molecule has 0 radical (unpaired) electrons.